The van der Waals surface area contributed by atoms with Crippen molar-refractivity contribution in [1.82, 2.24) is 0 Å². The zero-order chi connectivity index (χ0) is 9.99. The summed E-state index contributed by atoms with van der Waals surface area (Å²) < 4.78 is 11.6. The smallest absolute Gasteiger partial charge is 0.0876 e. The molecule has 1 saturated heterocycles. The first kappa shape index (κ1) is 8.77. The maximum atomic E-state index is 5.89. The summed E-state index contributed by atoms with van der Waals surface area (Å²) in [6, 6.07) is 0. The molecule has 1 heterocycles. The van der Waals surface area contributed by atoms with Gasteiger partial charge in [-0.1, -0.05) is 6.08 Å². The highest BCUT2D eigenvalue weighted by molar-refractivity contribution is 5.14. The molecule has 1 aliphatic heterocycles. The van der Waals surface area contributed by atoms with Crippen LogP contribution in [0.5, 0.6) is 0 Å². The van der Waals surface area contributed by atoms with Gasteiger partial charge < -0.3 is 9.47 Å². The first-order valence-electron chi connectivity index (χ1n) is 6.26. The van der Waals surface area contributed by atoms with Gasteiger partial charge in [0.2, 0.25) is 0 Å². The molecular formula is C13H18O2. The zero-order valence-corrected chi connectivity index (χ0v) is 8.97. The SMILES string of the molecule is C=CCO[C@@H]1C[C@H]2C[C@H]1[C@@H]1[C@@H]2C[C@H]2O[C@@H]12. The molecule has 7 atom stereocenters. The fourth-order valence-corrected chi connectivity index (χ4v) is 4.63. The maximum absolute atomic E-state index is 5.89. The van der Waals surface area contributed by atoms with E-state index in [1.165, 1.54) is 19.3 Å². The van der Waals surface area contributed by atoms with E-state index < -0.39 is 0 Å². The number of hydrogen-bond acceptors (Lipinski definition) is 2. The lowest BCUT2D eigenvalue weighted by atomic mass is 9.79. The van der Waals surface area contributed by atoms with E-state index in [4.69, 9.17) is 9.47 Å². The molecule has 4 aliphatic rings. The summed E-state index contributed by atoms with van der Waals surface area (Å²) in [5.41, 5.74) is 0. The van der Waals surface area contributed by atoms with Gasteiger partial charge in [0.15, 0.2) is 0 Å². The van der Waals surface area contributed by atoms with Gasteiger partial charge >= 0.3 is 0 Å². The standard InChI is InChI=1S/C13H18O2/c1-2-3-14-10-5-7-4-9(10)12-8(7)6-11-13(12)15-11/h2,7-13H,1,3-6H2/t7-,8-,9-,10-,11-,12+,13-/m1/s1. The maximum Gasteiger partial charge on any atom is 0.0876 e. The van der Waals surface area contributed by atoms with Crippen LogP contribution in [-0.4, -0.2) is 24.9 Å². The van der Waals surface area contributed by atoms with E-state index in [-0.39, 0.29) is 0 Å². The molecule has 2 heteroatoms. The molecule has 2 bridgehead atoms. The lowest BCUT2D eigenvalue weighted by molar-refractivity contribution is -0.0107. The van der Waals surface area contributed by atoms with E-state index in [1.807, 2.05) is 6.08 Å². The summed E-state index contributed by atoms with van der Waals surface area (Å²) in [6.45, 7) is 4.45. The first-order chi connectivity index (χ1) is 7.38. The largest absolute Gasteiger partial charge is 0.374 e. The third kappa shape index (κ3) is 1.07. The molecule has 15 heavy (non-hydrogen) atoms. The van der Waals surface area contributed by atoms with E-state index in [0.29, 0.717) is 18.3 Å². The second-order valence-electron chi connectivity index (χ2n) is 5.67. The van der Waals surface area contributed by atoms with Crippen molar-refractivity contribution in [2.45, 2.75) is 37.6 Å². The predicted octanol–water partition coefficient (Wildman–Crippen LogP) is 2.00. The van der Waals surface area contributed by atoms with Gasteiger partial charge in [0.1, 0.15) is 0 Å². The van der Waals surface area contributed by atoms with E-state index >= 15 is 0 Å². The number of ether oxygens (including phenoxy) is 2. The van der Waals surface area contributed by atoms with Crippen LogP contribution in [-0.2, 0) is 9.47 Å². The predicted molar refractivity (Wildman–Crippen MR) is 56.4 cm³/mol. The van der Waals surface area contributed by atoms with Gasteiger partial charge in [-0.05, 0) is 42.9 Å². The van der Waals surface area contributed by atoms with Crippen molar-refractivity contribution in [3.63, 3.8) is 0 Å². The van der Waals surface area contributed by atoms with E-state index in [0.717, 1.165) is 30.3 Å². The normalized spacial score (nSPS) is 59.1. The molecule has 2 nitrogen and oxygen atoms in total. The van der Waals surface area contributed by atoms with Crippen molar-refractivity contribution < 1.29 is 9.47 Å². The van der Waals surface area contributed by atoms with Crippen molar-refractivity contribution in [3.8, 4) is 0 Å². The van der Waals surface area contributed by atoms with Crippen LogP contribution in [0.2, 0.25) is 0 Å². The summed E-state index contributed by atoms with van der Waals surface area (Å²) in [7, 11) is 0. The number of hydrogen-bond donors (Lipinski definition) is 0. The fraction of sp³-hybridized carbons (Fsp3) is 0.846. The third-order valence-electron chi connectivity index (χ3n) is 5.12. The summed E-state index contributed by atoms with van der Waals surface area (Å²) in [4.78, 5) is 0. The monoisotopic (exact) mass is 206 g/mol. The van der Waals surface area contributed by atoms with Gasteiger partial charge in [-0.3, -0.25) is 0 Å². The first-order valence-corrected chi connectivity index (χ1v) is 6.26. The Hall–Kier alpha value is -0.340. The summed E-state index contributed by atoms with van der Waals surface area (Å²) in [5, 5.41) is 0. The molecule has 4 fully saturated rings. The molecule has 0 amide bonds. The van der Waals surface area contributed by atoms with Crippen molar-refractivity contribution in [2.24, 2.45) is 23.7 Å². The minimum atomic E-state index is 0.511. The molecule has 0 spiro atoms. The highest BCUT2D eigenvalue weighted by Crippen LogP contribution is 2.64. The second kappa shape index (κ2) is 2.86. The minimum absolute atomic E-state index is 0.511. The van der Waals surface area contributed by atoms with E-state index in [2.05, 4.69) is 6.58 Å². The second-order valence-corrected chi connectivity index (χ2v) is 5.67. The molecule has 0 unspecified atom stereocenters. The molecule has 0 N–H and O–H groups in total. The van der Waals surface area contributed by atoms with Gasteiger partial charge in [-0.2, -0.15) is 0 Å². The molecule has 0 aromatic heterocycles. The Labute approximate surface area is 90.6 Å². The van der Waals surface area contributed by atoms with Crippen LogP contribution in [0.4, 0.5) is 0 Å². The van der Waals surface area contributed by atoms with Crippen molar-refractivity contribution in [3.05, 3.63) is 12.7 Å². The van der Waals surface area contributed by atoms with Gasteiger partial charge in [-0.15, -0.1) is 6.58 Å². The average Bonchev–Trinajstić information content (AvgIpc) is 2.65. The summed E-state index contributed by atoms with van der Waals surface area (Å²) >= 11 is 0. The zero-order valence-electron chi connectivity index (χ0n) is 8.97. The molecule has 82 valence electrons. The Balaban J connectivity index is 1.52. The van der Waals surface area contributed by atoms with Crippen molar-refractivity contribution in [2.75, 3.05) is 6.61 Å². The van der Waals surface area contributed by atoms with E-state index in [9.17, 15) is 0 Å². The molecule has 0 radical (unpaired) electrons. The van der Waals surface area contributed by atoms with Gasteiger partial charge in [-0.25, -0.2) is 0 Å². The molecule has 0 aromatic rings. The Morgan fingerprint density at radius 1 is 1.27 bits per heavy atom. The quantitative estimate of drug-likeness (QED) is 0.520. The van der Waals surface area contributed by atoms with Crippen LogP contribution >= 0.6 is 0 Å². The van der Waals surface area contributed by atoms with Crippen molar-refractivity contribution in [1.29, 1.82) is 0 Å². The molecule has 0 aromatic carbocycles. The highest BCUT2D eigenvalue weighted by atomic mass is 16.6. The molecule has 3 saturated carbocycles. The van der Waals surface area contributed by atoms with Crippen LogP contribution in [0.25, 0.3) is 0 Å². The number of rotatable bonds is 3. The van der Waals surface area contributed by atoms with Crippen LogP contribution in [0, 0.1) is 23.7 Å². The minimum Gasteiger partial charge on any atom is -0.374 e. The van der Waals surface area contributed by atoms with Crippen LogP contribution < -0.4 is 0 Å². The van der Waals surface area contributed by atoms with Crippen molar-refractivity contribution >= 4 is 0 Å². The third-order valence-corrected chi connectivity index (χ3v) is 5.12. The average molecular weight is 206 g/mol. The fourth-order valence-electron chi connectivity index (χ4n) is 4.63. The molecule has 4 rings (SSSR count). The summed E-state index contributed by atoms with van der Waals surface area (Å²) in [5.74, 6) is 3.59. The van der Waals surface area contributed by atoms with Crippen LogP contribution in [0.1, 0.15) is 19.3 Å². The number of epoxide rings is 1. The van der Waals surface area contributed by atoms with Gasteiger partial charge in [0.25, 0.3) is 0 Å². The Kier molecular flexibility index (Phi) is 1.67. The van der Waals surface area contributed by atoms with Crippen LogP contribution in [0.3, 0.4) is 0 Å². The van der Waals surface area contributed by atoms with Gasteiger partial charge in [0, 0.05) is 0 Å². The number of fused-ring (bicyclic) bond motifs is 7. The topological polar surface area (TPSA) is 21.8 Å². The lowest BCUT2D eigenvalue weighted by Crippen LogP contribution is -2.33. The summed E-state index contributed by atoms with van der Waals surface area (Å²) in [6.07, 6.45) is 7.71. The van der Waals surface area contributed by atoms with Gasteiger partial charge in [0.05, 0.1) is 24.9 Å². The molecule has 3 aliphatic carbocycles. The highest BCUT2D eigenvalue weighted by Gasteiger charge is 2.66. The van der Waals surface area contributed by atoms with E-state index in [1.54, 1.807) is 0 Å². The Morgan fingerprint density at radius 2 is 2.20 bits per heavy atom. The Morgan fingerprint density at radius 3 is 3.07 bits per heavy atom. The van der Waals surface area contributed by atoms with Crippen LogP contribution in [0.15, 0.2) is 12.7 Å². The molecular weight excluding hydrogens is 188 g/mol. The lowest BCUT2D eigenvalue weighted by Gasteiger charge is -2.32. The Bertz CT molecular complexity index is 301.